The Kier molecular flexibility index (Phi) is 7.29. The average Bonchev–Trinajstić information content (AvgIpc) is 2.83. The van der Waals surface area contributed by atoms with Crippen molar-refractivity contribution in [2.24, 2.45) is 0 Å². The fraction of sp³-hybridized carbons (Fsp3) is 0.417. The van der Waals surface area contributed by atoms with Crippen LogP contribution in [0.15, 0.2) is 54.8 Å². The molecule has 0 unspecified atom stereocenters. The van der Waals surface area contributed by atoms with Crippen molar-refractivity contribution >= 4 is 11.4 Å². The van der Waals surface area contributed by atoms with Crippen molar-refractivity contribution in [3.8, 4) is 0 Å². The number of nitrogens with one attached hydrogen (secondary N) is 1. The molecule has 8 nitrogen and oxygen atoms in total. The predicted octanol–water partition coefficient (Wildman–Crippen LogP) is 0.903. The smallest absolute Gasteiger partial charge is 0.161 e. The molecule has 0 spiro atoms. The third-order valence-electron chi connectivity index (χ3n) is 5.91. The number of ether oxygens (including phenoxy) is 2. The van der Waals surface area contributed by atoms with Crippen molar-refractivity contribution in [1.82, 2.24) is 4.90 Å². The predicted molar refractivity (Wildman–Crippen MR) is 119 cm³/mol. The number of nitrogens with zero attached hydrogens (tertiary/aromatic N) is 1. The molecule has 2 heterocycles. The van der Waals surface area contributed by atoms with Gasteiger partial charge in [0.25, 0.3) is 0 Å². The molecule has 4 rings (SSSR count). The zero-order valence-electron chi connectivity index (χ0n) is 17.8. The number of piperidine rings is 1. The van der Waals surface area contributed by atoms with Crippen LogP contribution in [-0.4, -0.2) is 76.0 Å². The lowest BCUT2D eigenvalue weighted by atomic mass is 9.93. The Morgan fingerprint density at radius 1 is 0.969 bits per heavy atom. The van der Waals surface area contributed by atoms with Crippen LogP contribution < -0.4 is 5.32 Å². The molecular weight excluding hydrogens is 412 g/mol. The summed E-state index contributed by atoms with van der Waals surface area (Å²) < 4.78 is 10.9. The van der Waals surface area contributed by atoms with Crippen LogP contribution in [0, 0.1) is 0 Å². The largest absolute Gasteiger partial charge is 0.494 e. The third kappa shape index (κ3) is 5.23. The van der Waals surface area contributed by atoms with Gasteiger partial charge < -0.3 is 35.2 Å². The first kappa shape index (κ1) is 22.6. The van der Waals surface area contributed by atoms with Crippen LogP contribution in [0.2, 0.25) is 0 Å². The molecule has 2 aromatic carbocycles. The van der Waals surface area contributed by atoms with Gasteiger partial charge in [-0.1, -0.05) is 24.3 Å². The van der Waals surface area contributed by atoms with Gasteiger partial charge in [-0.3, -0.25) is 4.90 Å². The maximum atomic E-state index is 10.2. The Morgan fingerprint density at radius 2 is 1.75 bits per heavy atom. The Labute approximate surface area is 187 Å². The van der Waals surface area contributed by atoms with E-state index in [1.807, 2.05) is 42.5 Å². The minimum absolute atomic E-state index is 0.184. The maximum Gasteiger partial charge on any atom is 0.161 e. The first-order valence-electron chi connectivity index (χ1n) is 10.8. The number of hydrogen-bond donors (Lipinski definition) is 5. The number of benzene rings is 2. The standard InChI is InChI=1S/C24H30N2O6/c27-14-20-23(29)24(30)21(28)13-26(20)12-17-3-1-2-16(10-17)11-25-19-6-4-18(5-7-19)22-15-31-8-9-32-22/h1-7,10,15,20-21,23-25,27-30H,8-9,11-14H2/t20-,21+,23-,24-/m1/s1. The van der Waals surface area contributed by atoms with Crippen molar-refractivity contribution in [2.75, 3.05) is 31.7 Å². The van der Waals surface area contributed by atoms with Crippen LogP contribution in [0.25, 0.3) is 5.76 Å². The fourth-order valence-corrected chi connectivity index (χ4v) is 4.11. The van der Waals surface area contributed by atoms with Gasteiger partial charge in [-0.15, -0.1) is 0 Å². The van der Waals surface area contributed by atoms with Gasteiger partial charge in [0, 0.05) is 30.9 Å². The Bertz CT molecular complexity index is 919. The zero-order chi connectivity index (χ0) is 22.5. The number of β-amino-alcohol motifs (C(OH)–C–C–N with tert-alkyl or cyclic N) is 1. The molecule has 5 N–H and O–H groups in total. The lowest BCUT2D eigenvalue weighted by molar-refractivity contribution is -0.147. The maximum absolute atomic E-state index is 10.2. The number of likely N-dealkylation sites (tertiary alicyclic amines) is 1. The van der Waals surface area contributed by atoms with E-state index in [-0.39, 0.29) is 13.2 Å². The normalized spacial score (nSPS) is 26.1. The highest BCUT2D eigenvalue weighted by atomic mass is 16.6. The van der Waals surface area contributed by atoms with Gasteiger partial charge >= 0.3 is 0 Å². The monoisotopic (exact) mass is 442 g/mol. The number of anilines is 1. The summed E-state index contributed by atoms with van der Waals surface area (Å²) in [6, 6.07) is 15.3. The molecule has 2 aliphatic heterocycles. The molecule has 0 bridgehead atoms. The summed E-state index contributed by atoms with van der Waals surface area (Å²) in [6.45, 7) is 2.09. The van der Waals surface area contributed by atoms with Crippen molar-refractivity contribution < 1.29 is 29.9 Å². The van der Waals surface area contributed by atoms with Gasteiger partial charge in [0.1, 0.15) is 31.7 Å². The molecule has 0 aromatic heterocycles. The fourth-order valence-electron chi connectivity index (χ4n) is 4.11. The molecule has 0 aliphatic carbocycles. The summed E-state index contributed by atoms with van der Waals surface area (Å²) in [6.07, 6.45) is -1.86. The molecule has 4 atom stereocenters. The van der Waals surface area contributed by atoms with Crippen LogP contribution in [0.1, 0.15) is 16.7 Å². The quantitative estimate of drug-likeness (QED) is 0.430. The molecule has 1 saturated heterocycles. The molecule has 0 amide bonds. The molecule has 0 saturated carbocycles. The lowest BCUT2D eigenvalue weighted by Gasteiger charge is -2.43. The summed E-state index contributed by atoms with van der Waals surface area (Å²) in [5.41, 5.74) is 4.02. The minimum atomic E-state index is -1.25. The summed E-state index contributed by atoms with van der Waals surface area (Å²) in [5.74, 6) is 0.733. The topological polar surface area (TPSA) is 115 Å². The first-order chi connectivity index (χ1) is 15.5. The first-order valence-corrected chi connectivity index (χ1v) is 10.8. The summed E-state index contributed by atoms with van der Waals surface area (Å²) in [4.78, 5) is 1.80. The molecule has 1 fully saturated rings. The summed E-state index contributed by atoms with van der Waals surface area (Å²) in [5, 5.41) is 43.1. The highest BCUT2D eigenvalue weighted by molar-refractivity contribution is 5.62. The number of rotatable bonds is 7. The SMILES string of the molecule is OC[C@@H]1[C@@H](O)[C@H](O)[C@@H](O)CN1Cc1cccc(CNc2ccc(C3=COCCO3)cc2)c1. The zero-order valence-corrected chi connectivity index (χ0v) is 17.8. The molecule has 2 aromatic rings. The second-order valence-electron chi connectivity index (χ2n) is 8.18. The van der Waals surface area contributed by atoms with E-state index in [0.29, 0.717) is 26.3 Å². The van der Waals surface area contributed by atoms with Crippen molar-refractivity contribution in [3.05, 3.63) is 71.5 Å². The highest BCUT2D eigenvalue weighted by Crippen LogP contribution is 2.23. The van der Waals surface area contributed by atoms with E-state index in [1.165, 1.54) is 0 Å². The van der Waals surface area contributed by atoms with Crippen LogP contribution in [-0.2, 0) is 22.6 Å². The van der Waals surface area contributed by atoms with E-state index >= 15 is 0 Å². The highest BCUT2D eigenvalue weighted by Gasteiger charge is 2.40. The number of hydrogen-bond acceptors (Lipinski definition) is 8. The van der Waals surface area contributed by atoms with Crippen LogP contribution in [0.3, 0.4) is 0 Å². The van der Waals surface area contributed by atoms with E-state index in [0.717, 1.165) is 28.1 Å². The van der Waals surface area contributed by atoms with Crippen molar-refractivity contribution in [3.63, 3.8) is 0 Å². The number of aliphatic hydroxyl groups excluding tert-OH is 4. The van der Waals surface area contributed by atoms with Crippen LogP contribution in [0.4, 0.5) is 5.69 Å². The van der Waals surface area contributed by atoms with Gasteiger partial charge in [-0.25, -0.2) is 0 Å². The van der Waals surface area contributed by atoms with Crippen LogP contribution in [0.5, 0.6) is 0 Å². The van der Waals surface area contributed by atoms with E-state index in [1.54, 1.807) is 11.2 Å². The van der Waals surface area contributed by atoms with Gasteiger partial charge in [0.05, 0.1) is 18.8 Å². The Hall–Kier alpha value is -2.62. The average molecular weight is 443 g/mol. The van der Waals surface area contributed by atoms with Crippen molar-refractivity contribution in [2.45, 2.75) is 37.4 Å². The van der Waals surface area contributed by atoms with E-state index in [2.05, 4.69) is 11.4 Å². The second kappa shape index (κ2) is 10.3. The van der Waals surface area contributed by atoms with Gasteiger partial charge in [-0.05, 0) is 35.4 Å². The second-order valence-corrected chi connectivity index (χ2v) is 8.18. The minimum Gasteiger partial charge on any atom is -0.494 e. The van der Waals surface area contributed by atoms with Crippen LogP contribution >= 0.6 is 0 Å². The van der Waals surface area contributed by atoms with Gasteiger partial charge in [0.15, 0.2) is 5.76 Å². The molecule has 0 radical (unpaired) electrons. The summed E-state index contributed by atoms with van der Waals surface area (Å²) >= 11 is 0. The van der Waals surface area contributed by atoms with Crippen molar-refractivity contribution in [1.29, 1.82) is 0 Å². The Balaban J connectivity index is 1.36. The van der Waals surface area contributed by atoms with E-state index in [4.69, 9.17) is 9.47 Å². The third-order valence-corrected chi connectivity index (χ3v) is 5.91. The van der Waals surface area contributed by atoms with E-state index in [9.17, 15) is 20.4 Å². The van der Waals surface area contributed by atoms with Gasteiger partial charge in [0.2, 0.25) is 0 Å². The molecular formula is C24H30N2O6. The Morgan fingerprint density at radius 3 is 2.47 bits per heavy atom. The molecule has 32 heavy (non-hydrogen) atoms. The number of aliphatic hydroxyl groups is 4. The lowest BCUT2D eigenvalue weighted by Crippen LogP contribution is -2.62. The molecule has 8 heteroatoms. The van der Waals surface area contributed by atoms with E-state index < -0.39 is 24.4 Å². The molecule has 2 aliphatic rings. The summed E-state index contributed by atoms with van der Waals surface area (Å²) in [7, 11) is 0. The molecule has 172 valence electrons. The van der Waals surface area contributed by atoms with Gasteiger partial charge in [-0.2, -0.15) is 0 Å².